The highest BCUT2D eigenvalue weighted by Crippen LogP contribution is 2.35. The van der Waals surface area contributed by atoms with Gasteiger partial charge in [-0.1, -0.05) is 0 Å². The van der Waals surface area contributed by atoms with Crippen molar-refractivity contribution in [3.8, 4) is 11.5 Å². The topological polar surface area (TPSA) is 83.8 Å². The van der Waals surface area contributed by atoms with Crippen molar-refractivity contribution in [1.29, 1.82) is 0 Å². The number of carbonyl (C=O) groups excluding carboxylic acids is 1. The number of phenols is 1. The predicted molar refractivity (Wildman–Crippen MR) is 54.3 cm³/mol. The number of aromatic hydroxyl groups is 1. The molecular formula is C9H7BrO5. The Hall–Kier alpha value is -1.56. The molecule has 1 aromatic carbocycles. The van der Waals surface area contributed by atoms with Crippen molar-refractivity contribution in [1.82, 2.24) is 0 Å². The molecule has 5 nitrogen and oxygen atoms in total. The van der Waals surface area contributed by atoms with Crippen LogP contribution in [0.25, 0.3) is 0 Å². The van der Waals surface area contributed by atoms with Crippen molar-refractivity contribution in [2.75, 3.05) is 7.11 Å². The molecule has 0 saturated heterocycles. The second kappa shape index (κ2) is 4.31. The zero-order valence-electron chi connectivity index (χ0n) is 7.65. The molecule has 0 atom stereocenters. The second-order valence-corrected chi connectivity index (χ2v) is 3.46. The lowest BCUT2D eigenvalue weighted by Crippen LogP contribution is -2.14. The van der Waals surface area contributed by atoms with E-state index >= 15 is 0 Å². The molecule has 0 saturated carbocycles. The van der Waals surface area contributed by atoms with Crippen LogP contribution in [0.15, 0.2) is 16.6 Å². The smallest absolute Gasteiger partial charge is 0.377 e. The summed E-state index contributed by atoms with van der Waals surface area (Å²) in [4.78, 5) is 21.8. The number of ketones is 1. The van der Waals surface area contributed by atoms with Gasteiger partial charge in [0.1, 0.15) is 0 Å². The van der Waals surface area contributed by atoms with Gasteiger partial charge in [0.15, 0.2) is 11.5 Å². The summed E-state index contributed by atoms with van der Waals surface area (Å²) >= 11 is 3.02. The Balaban J connectivity index is 3.44. The van der Waals surface area contributed by atoms with Crippen molar-refractivity contribution in [3.05, 3.63) is 22.2 Å². The van der Waals surface area contributed by atoms with Gasteiger partial charge in [-0.3, -0.25) is 4.79 Å². The van der Waals surface area contributed by atoms with Crippen LogP contribution >= 0.6 is 15.9 Å². The van der Waals surface area contributed by atoms with Crippen LogP contribution in [0.3, 0.4) is 0 Å². The summed E-state index contributed by atoms with van der Waals surface area (Å²) in [6.45, 7) is 0. The average molecular weight is 275 g/mol. The summed E-state index contributed by atoms with van der Waals surface area (Å²) in [5.41, 5.74) is -0.204. The summed E-state index contributed by atoms with van der Waals surface area (Å²) in [6.07, 6.45) is 0. The fourth-order valence-electron chi connectivity index (χ4n) is 1.07. The lowest BCUT2D eigenvalue weighted by molar-refractivity contribution is -0.131. The third kappa shape index (κ3) is 2.10. The summed E-state index contributed by atoms with van der Waals surface area (Å²) in [7, 11) is 1.24. The van der Waals surface area contributed by atoms with Crippen LogP contribution in [0.5, 0.6) is 11.5 Å². The first kappa shape index (κ1) is 11.5. The van der Waals surface area contributed by atoms with Crippen LogP contribution in [0, 0.1) is 0 Å². The van der Waals surface area contributed by atoms with E-state index in [1.54, 1.807) is 0 Å². The molecule has 15 heavy (non-hydrogen) atoms. The maximum atomic E-state index is 11.3. The van der Waals surface area contributed by atoms with Crippen LogP contribution < -0.4 is 4.74 Å². The number of halogens is 1. The molecule has 0 fully saturated rings. The van der Waals surface area contributed by atoms with Gasteiger partial charge in [0, 0.05) is 4.47 Å². The molecule has 80 valence electrons. The quantitative estimate of drug-likeness (QED) is 0.644. The lowest BCUT2D eigenvalue weighted by Gasteiger charge is -2.09. The van der Waals surface area contributed by atoms with Gasteiger partial charge >= 0.3 is 5.97 Å². The van der Waals surface area contributed by atoms with Gasteiger partial charge in [-0.05, 0) is 28.1 Å². The SMILES string of the molecule is COc1c(O)ccc(Br)c1C(=O)C(=O)O. The number of benzene rings is 1. The number of methoxy groups -OCH3 is 1. The van der Waals surface area contributed by atoms with E-state index in [1.807, 2.05) is 0 Å². The minimum atomic E-state index is -1.61. The van der Waals surface area contributed by atoms with E-state index in [4.69, 9.17) is 9.84 Å². The van der Waals surface area contributed by atoms with Gasteiger partial charge in [0.25, 0.3) is 5.78 Å². The van der Waals surface area contributed by atoms with E-state index in [1.165, 1.54) is 19.2 Å². The van der Waals surface area contributed by atoms with Gasteiger partial charge in [0.05, 0.1) is 12.7 Å². The summed E-state index contributed by atoms with van der Waals surface area (Å²) in [6, 6.07) is 2.66. The number of Topliss-reactive ketones (excluding diaryl/α,β-unsaturated/α-hetero) is 1. The summed E-state index contributed by atoms with van der Waals surface area (Å²) in [5.74, 6) is -3.20. The molecule has 0 bridgehead atoms. The maximum absolute atomic E-state index is 11.3. The minimum Gasteiger partial charge on any atom is -0.504 e. The number of carboxylic acids is 1. The fourth-order valence-corrected chi connectivity index (χ4v) is 1.57. The Morgan fingerprint density at radius 2 is 2.00 bits per heavy atom. The Labute approximate surface area is 93.4 Å². The molecule has 0 heterocycles. The molecule has 0 spiro atoms. The Morgan fingerprint density at radius 1 is 1.40 bits per heavy atom. The van der Waals surface area contributed by atoms with Gasteiger partial charge in [-0.25, -0.2) is 4.79 Å². The van der Waals surface area contributed by atoms with Gasteiger partial charge in [0.2, 0.25) is 0 Å². The van der Waals surface area contributed by atoms with Crippen molar-refractivity contribution in [2.24, 2.45) is 0 Å². The van der Waals surface area contributed by atoms with E-state index in [2.05, 4.69) is 15.9 Å². The van der Waals surface area contributed by atoms with Crippen molar-refractivity contribution in [3.63, 3.8) is 0 Å². The average Bonchev–Trinajstić information content (AvgIpc) is 2.19. The number of phenolic OH excluding ortho intramolecular Hbond substituents is 1. The standard InChI is InChI=1S/C9H7BrO5/c1-15-8-5(11)3-2-4(10)6(8)7(12)9(13)14/h2-3,11H,1H3,(H,13,14). The monoisotopic (exact) mass is 274 g/mol. The molecule has 0 aliphatic heterocycles. The third-order valence-corrected chi connectivity index (χ3v) is 2.37. The van der Waals surface area contributed by atoms with Crippen molar-refractivity contribution < 1.29 is 24.5 Å². The van der Waals surface area contributed by atoms with E-state index in [0.717, 1.165) is 0 Å². The summed E-state index contributed by atoms with van der Waals surface area (Å²) in [5, 5.41) is 17.9. The Bertz CT molecular complexity index is 427. The first-order chi connectivity index (χ1) is 6.99. The largest absolute Gasteiger partial charge is 0.504 e. The zero-order chi connectivity index (χ0) is 11.6. The predicted octanol–water partition coefficient (Wildman–Crippen LogP) is 1.43. The molecule has 1 aromatic rings. The molecule has 2 N–H and O–H groups in total. The van der Waals surface area contributed by atoms with Crippen molar-refractivity contribution >= 4 is 27.7 Å². The highest BCUT2D eigenvalue weighted by atomic mass is 79.9. The molecule has 0 aromatic heterocycles. The van der Waals surface area contributed by atoms with E-state index < -0.39 is 11.8 Å². The van der Waals surface area contributed by atoms with Crippen LogP contribution in [0.2, 0.25) is 0 Å². The van der Waals surface area contributed by atoms with Gasteiger partial charge in [-0.15, -0.1) is 0 Å². The van der Waals surface area contributed by atoms with Crippen LogP contribution in [-0.4, -0.2) is 29.1 Å². The first-order valence-corrected chi connectivity index (χ1v) is 4.61. The minimum absolute atomic E-state index is 0.156. The van der Waals surface area contributed by atoms with Crippen molar-refractivity contribution in [2.45, 2.75) is 0 Å². The molecule has 0 aliphatic carbocycles. The third-order valence-electron chi connectivity index (χ3n) is 1.71. The second-order valence-electron chi connectivity index (χ2n) is 2.61. The highest BCUT2D eigenvalue weighted by Gasteiger charge is 2.24. The number of ether oxygens (including phenoxy) is 1. The Morgan fingerprint density at radius 3 is 2.47 bits per heavy atom. The number of aliphatic carboxylic acids is 1. The van der Waals surface area contributed by atoms with E-state index in [0.29, 0.717) is 0 Å². The summed E-state index contributed by atoms with van der Waals surface area (Å²) < 4.78 is 5.02. The molecule has 1 rings (SSSR count). The number of rotatable bonds is 3. The maximum Gasteiger partial charge on any atom is 0.377 e. The lowest BCUT2D eigenvalue weighted by atomic mass is 10.1. The molecule has 6 heteroatoms. The first-order valence-electron chi connectivity index (χ1n) is 3.82. The number of carboxylic acid groups (broad SMARTS) is 1. The van der Waals surface area contributed by atoms with Gasteiger partial charge < -0.3 is 14.9 Å². The normalized spacial score (nSPS) is 9.73. The molecule has 0 amide bonds. The fraction of sp³-hybridized carbons (Fsp3) is 0.111. The van der Waals surface area contributed by atoms with Crippen LogP contribution in [-0.2, 0) is 4.79 Å². The number of carbonyl (C=O) groups is 2. The van der Waals surface area contributed by atoms with E-state index in [9.17, 15) is 14.7 Å². The number of hydrogen-bond donors (Lipinski definition) is 2. The molecule has 0 unspecified atom stereocenters. The van der Waals surface area contributed by atoms with Gasteiger partial charge in [-0.2, -0.15) is 0 Å². The Kier molecular flexibility index (Phi) is 3.31. The molecule has 0 radical (unpaired) electrons. The zero-order valence-corrected chi connectivity index (χ0v) is 9.24. The highest BCUT2D eigenvalue weighted by molar-refractivity contribution is 9.10. The number of hydrogen-bond acceptors (Lipinski definition) is 4. The van der Waals surface area contributed by atoms with Crippen LogP contribution in [0.1, 0.15) is 10.4 Å². The molecular weight excluding hydrogens is 268 g/mol. The molecule has 0 aliphatic rings. The van der Waals surface area contributed by atoms with Crippen LogP contribution in [0.4, 0.5) is 0 Å². The van der Waals surface area contributed by atoms with E-state index in [-0.39, 0.29) is 21.5 Å².